The zero-order valence-electron chi connectivity index (χ0n) is 4.88. The molecule has 0 saturated carbocycles. The SMILES string of the molecule is COCN(C)C([O])=O. The number of carbonyl (C=O) groups excluding carboxylic acids is 1. The molecule has 1 amide bonds. The summed E-state index contributed by atoms with van der Waals surface area (Å²) in [6.45, 7) is 0.0579. The molecule has 0 heterocycles. The highest BCUT2D eigenvalue weighted by Gasteiger charge is 2.04. The van der Waals surface area contributed by atoms with E-state index in [0.717, 1.165) is 4.90 Å². The van der Waals surface area contributed by atoms with Crippen LogP contribution < -0.4 is 0 Å². The van der Waals surface area contributed by atoms with E-state index in [9.17, 15) is 9.90 Å². The fraction of sp³-hybridized carbons (Fsp3) is 0.750. The van der Waals surface area contributed by atoms with Crippen molar-refractivity contribution in [2.75, 3.05) is 20.9 Å². The van der Waals surface area contributed by atoms with Crippen molar-refractivity contribution in [1.82, 2.24) is 4.90 Å². The number of rotatable bonds is 2. The first-order valence-corrected chi connectivity index (χ1v) is 2.09. The largest absolute Gasteiger partial charge is 0.454 e. The van der Waals surface area contributed by atoms with E-state index in [0.29, 0.717) is 0 Å². The lowest BCUT2D eigenvalue weighted by atomic mass is 10.9. The number of nitrogens with zero attached hydrogens (tertiary/aromatic N) is 1. The summed E-state index contributed by atoms with van der Waals surface area (Å²) in [7, 11) is 2.79. The molecule has 0 bridgehead atoms. The zero-order valence-corrected chi connectivity index (χ0v) is 4.88. The Balaban J connectivity index is 3.32. The number of carbonyl (C=O) groups is 1. The van der Waals surface area contributed by atoms with Crippen LogP contribution in [0.25, 0.3) is 0 Å². The first-order chi connectivity index (χ1) is 3.68. The molecule has 47 valence electrons. The molecule has 0 saturated heterocycles. The van der Waals surface area contributed by atoms with Crippen LogP contribution >= 0.6 is 0 Å². The van der Waals surface area contributed by atoms with E-state index in [1.165, 1.54) is 14.2 Å². The summed E-state index contributed by atoms with van der Waals surface area (Å²) in [6.07, 6.45) is -1.23. The zero-order chi connectivity index (χ0) is 6.57. The van der Waals surface area contributed by atoms with Crippen LogP contribution in [0, 0.1) is 0 Å². The predicted octanol–water partition coefficient (Wildman–Crippen LogP) is 0.0726. The molecule has 8 heavy (non-hydrogen) atoms. The van der Waals surface area contributed by atoms with E-state index in [1.54, 1.807) is 0 Å². The monoisotopic (exact) mass is 118 g/mol. The Morgan fingerprint density at radius 1 is 1.75 bits per heavy atom. The Bertz CT molecular complexity index is 83.4. The first kappa shape index (κ1) is 7.23. The number of methoxy groups -OCH3 is 1. The number of amides is 1. The molecular formula is C4H8NO3. The van der Waals surface area contributed by atoms with Crippen molar-refractivity contribution in [2.24, 2.45) is 0 Å². The lowest BCUT2D eigenvalue weighted by molar-refractivity contribution is 0.0615. The fourth-order valence-corrected chi connectivity index (χ4v) is 0.246. The van der Waals surface area contributed by atoms with Gasteiger partial charge in [0.05, 0.1) is 0 Å². The molecule has 0 N–H and O–H groups in total. The van der Waals surface area contributed by atoms with Crippen LogP contribution in [0.1, 0.15) is 0 Å². The summed E-state index contributed by atoms with van der Waals surface area (Å²) in [5.74, 6) is 0. The Hall–Kier alpha value is -0.770. The minimum atomic E-state index is -1.23. The van der Waals surface area contributed by atoms with E-state index < -0.39 is 6.09 Å². The van der Waals surface area contributed by atoms with Crippen LogP contribution in [0.5, 0.6) is 0 Å². The summed E-state index contributed by atoms with van der Waals surface area (Å²) in [6, 6.07) is 0. The Labute approximate surface area is 47.7 Å². The molecule has 0 spiro atoms. The standard InChI is InChI=1S/C4H8NO3/c1-5(3-8-2)4(6)7/h3H2,1-2H3. The van der Waals surface area contributed by atoms with Gasteiger partial charge < -0.3 is 4.74 Å². The minimum absolute atomic E-state index is 0.0579. The van der Waals surface area contributed by atoms with Gasteiger partial charge in [-0.3, -0.25) is 4.90 Å². The third kappa shape index (κ3) is 2.41. The van der Waals surface area contributed by atoms with E-state index in [1.807, 2.05) is 0 Å². The van der Waals surface area contributed by atoms with E-state index in [-0.39, 0.29) is 6.73 Å². The van der Waals surface area contributed by atoms with Crippen LogP contribution in [-0.2, 0) is 9.84 Å². The average molecular weight is 118 g/mol. The normalized spacial score (nSPS) is 8.75. The van der Waals surface area contributed by atoms with Crippen molar-refractivity contribution in [3.8, 4) is 0 Å². The maximum absolute atomic E-state index is 9.82. The fourth-order valence-electron chi connectivity index (χ4n) is 0.246. The van der Waals surface area contributed by atoms with Gasteiger partial charge in [-0.25, -0.2) is 9.90 Å². The Morgan fingerprint density at radius 2 is 2.25 bits per heavy atom. The maximum Gasteiger partial charge on any atom is 0.454 e. The van der Waals surface area contributed by atoms with Crippen molar-refractivity contribution in [3.05, 3.63) is 0 Å². The third-order valence-corrected chi connectivity index (χ3v) is 0.634. The van der Waals surface area contributed by atoms with Crippen molar-refractivity contribution < 1.29 is 14.6 Å². The molecule has 4 nitrogen and oxygen atoms in total. The van der Waals surface area contributed by atoms with Crippen LogP contribution in [-0.4, -0.2) is 31.9 Å². The van der Waals surface area contributed by atoms with Crippen molar-refractivity contribution in [1.29, 1.82) is 0 Å². The molecule has 0 rings (SSSR count). The highest BCUT2D eigenvalue weighted by molar-refractivity contribution is 5.63. The van der Waals surface area contributed by atoms with Gasteiger partial charge >= 0.3 is 6.09 Å². The second-order valence-corrected chi connectivity index (χ2v) is 1.38. The van der Waals surface area contributed by atoms with Gasteiger partial charge in [0.25, 0.3) is 0 Å². The molecule has 0 aliphatic carbocycles. The Kier molecular flexibility index (Phi) is 2.95. The molecule has 0 unspecified atom stereocenters. The van der Waals surface area contributed by atoms with Crippen LogP contribution in [0.15, 0.2) is 0 Å². The van der Waals surface area contributed by atoms with Gasteiger partial charge in [-0.15, -0.1) is 0 Å². The van der Waals surface area contributed by atoms with Crippen LogP contribution in [0.3, 0.4) is 0 Å². The van der Waals surface area contributed by atoms with Crippen molar-refractivity contribution in [3.63, 3.8) is 0 Å². The predicted molar refractivity (Wildman–Crippen MR) is 25.7 cm³/mol. The van der Waals surface area contributed by atoms with Crippen LogP contribution in [0.2, 0.25) is 0 Å². The topological polar surface area (TPSA) is 49.4 Å². The quantitative estimate of drug-likeness (QED) is 0.482. The summed E-state index contributed by atoms with van der Waals surface area (Å²) in [5.41, 5.74) is 0. The van der Waals surface area contributed by atoms with E-state index >= 15 is 0 Å². The van der Waals surface area contributed by atoms with Gasteiger partial charge in [0, 0.05) is 14.2 Å². The molecule has 4 heteroatoms. The molecule has 1 radical (unpaired) electrons. The molecule has 0 aromatic rings. The van der Waals surface area contributed by atoms with E-state index in [4.69, 9.17) is 0 Å². The van der Waals surface area contributed by atoms with Gasteiger partial charge in [0.15, 0.2) is 0 Å². The van der Waals surface area contributed by atoms with Gasteiger partial charge in [0.1, 0.15) is 6.73 Å². The summed E-state index contributed by atoms with van der Waals surface area (Å²) >= 11 is 0. The lowest BCUT2D eigenvalue weighted by Gasteiger charge is -2.07. The first-order valence-electron chi connectivity index (χ1n) is 2.09. The molecule has 0 atom stereocenters. The molecule has 0 aromatic carbocycles. The van der Waals surface area contributed by atoms with Crippen molar-refractivity contribution >= 4 is 6.09 Å². The lowest BCUT2D eigenvalue weighted by Crippen LogP contribution is -2.25. The molecular weight excluding hydrogens is 110 g/mol. The van der Waals surface area contributed by atoms with Crippen LogP contribution in [0.4, 0.5) is 4.79 Å². The van der Waals surface area contributed by atoms with Crippen molar-refractivity contribution in [2.45, 2.75) is 0 Å². The molecule has 0 aromatic heterocycles. The Morgan fingerprint density at radius 3 is 2.38 bits per heavy atom. The smallest absolute Gasteiger partial charge is 0.364 e. The summed E-state index contributed by atoms with van der Waals surface area (Å²) in [4.78, 5) is 10.8. The van der Waals surface area contributed by atoms with Gasteiger partial charge in [-0.2, -0.15) is 0 Å². The highest BCUT2D eigenvalue weighted by Crippen LogP contribution is 1.81. The van der Waals surface area contributed by atoms with Gasteiger partial charge in [-0.05, 0) is 0 Å². The number of hydrogen-bond acceptors (Lipinski definition) is 2. The maximum atomic E-state index is 9.82. The number of ether oxygens (including phenoxy) is 1. The third-order valence-electron chi connectivity index (χ3n) is 0.634. The summed E-state index contributed by atoms with van der Waals surface area (Å²) < 4.78 is 4.47. The molecule has 0 aliphatic rings. The van der Waals surface area contributed by atoms with Gasteiger partial charge in [0.2, 0.25) is 0 Å². The molecule has 0 fully saturated rings. The average Bonchev–Trinajstić information content (AvgIpc) is 1.67. The van der Waals surface area contributed by atoms with E-state index in [2.05, 4.69) is 4.74 Å². The second-order valence-electron chi connectivity index (χ2n) is 1.38. The second kappa shape index (κ2) is 3.26. The highest BCUT2D eigenvalue weighted by atomic mass is 16.5. The van der Waals surface area contributed by atoms with Gasteiger partial charge in [-0.1, -0.05) is 0 Å². The molecule has 0 aliphatic heterocycles. The number of hydrogen-bond donors (Lipinski definition) is 0. The summed E-state index contributed by atoms with van der Waals surface area (Å²) in [5, 5.41) is 9.82. The minimum Gasteiger partial charge on any atom is -0.364 e.